The molecule has 0 aliphatic heterocycles. The average Bonchev–Trinajstić information content (AvgIpc) is 3.07. The number of esters is 1. The Morgan fingerprint density at radius 1 is 1.33 bits per heavy atom. The van der Waals surface area contributed by atoms with Crippen LogP contribution in [0, 0.1) is 23.7 Å². The van der Waals surface area contributed by atoms with Gasteiger partial charge in [0.2, 0.25) is 0 Å². The van der Waals surface area contributed by atoms with E-state index in [-0.39, 0.29) is 5.92 Å². The van der Waals surface area contributed by atoms with Crippen LogP contribution in [0.1, 0.15) is 45.4 Å². The maximum Gasteiger partial charge on any atom is 0.422 e. The second-order valence-electron chi connectivity index (χ2n) is 6.85. The zero-order chi connectivity index (χ0) is 15.4. The normalized spacial score (nSPS) is 41.1. The summed E-state index contributed by atoms with van der Waals surface area (Å²) in [7, 11) is 0. The number of carbonyl (C=O) groups is 1. The fraction of sp³-hybridized carbons (Fsp3) is 0.812. The van der Waals surface area contributed by atoms with Crippen molar-refractivity contribution < 1.29 is 22.7 Å². The predicted molar refractivity (Wildman–Crippen MR) is 71.4 cm³/mol. The van der Waals surface area contributed by atoms with Gasteiger partial charge in [-0.25, -0.2) is 4.79 Å². The molecule has 0 radical (unpaired) electrons. The molecule has 118 valence electrons. The van der Waals surface area contributed by atoms with Gasteiger partial charge in [-0.2, -0.15) is 13.2 Å². The third kappa shape index (κ3) is 2.20. The van der Waals surface area contributed by atoms with Gasteiger partial charge in [0.1, 0.15) is 11.2 Å². The molecule has 0 aromatic heterocycles. The van der Waals surface area contributed by atoms with Crippen LogP contribution in [0.3, 0.4) is 0 Å². The standard InChI is InChI=1S/C16H21F3O2/c1-3-15(21-14(20)9(2)16(17,18)19)8-10-7-13(15)12-6-4-5-11(10)12/h10-13H,2-8H2,1H3/t10?,11-,12?,13?,15?/m0/s1. The highest BCUT2D eigenvalue weighted by atomic mass is 19.4. The zero-order valence-corrected chi connectivity index (χ0v) is 12.2. The van der Waals surface area contributed by atoms with Crippen molar-refractivity contribution in [2.24, 2.45) is 23.7 Å². The molecule has 5 atom stereocenters. The SMILES string of the molecule is C=C(C(=O)OC1(CC)CC2CC1C1CCC[C@@H]21)C(F)(F)F. The molecule has 2 nitrogen and oxygen atoms in total. The summed E-state index contributed by atoms with van der Waals surface area (Å²) in [5.41, 5.74) is -2.08. The molecule has 0 aromatic rings. The van der Waals surface area contributed by atoms with E-state index in [0.29, 0.717) is 24.2 Å². The van der Waals surface area contributed by atoms with Crippen molar-refractivity contribution in [3.8, 4) is 0 Å². The summed E-state index contributed by atoms with van der Waals surface area (Å²) >= 11 is 0. The molecule has 3 fully saturated rings. The summed E-state index contributed by atoms with van der Waals surface area (Å²) in [5.74, 6) is 0.723. The minimum absolute atomic E-state index is 0.241. The topological polar surface area (TPSA) is 26.3 Å². The van der Waals surface area contributed by atoms with E-state index in [1.165, 1.54) is 12.8 Å². The van der Waals surface area contributed by atoms with Crippen molar-refractivity contribution in [1.82, 2.24) is 0 Å². The number of ether oxygens (including phenoxy) is 1. The van der Waals surface area contributed by atoms with E-state index in [1.807, 2.05) is 6.92 Å². The molecule has 0 amide bonds. The van der Waals surface area contributed by atoms with Gasteiger partial charge < -0.3 is 4.74 Å². The van der Waals surface area contributed by atoms with E-state index in [9.17, 15) is 18.0 Å². The first-order valence-electron chi connectivity index (χ1n) is 7.78. The molecular weight excluding hydrogens is 281 g/mol. The van der Waals surface area contributed by atoms with E-state index in [4.69, 9.17) is 4.74 Å². The lowest BCUT2D eigenvalue weighted by atomic mass is 9.71. The van der Waals surface area contributed by atoms with Crippen molar-refractivity contribution in [2.75, 3.05) is 0 Å². The Hall–Kier alpha value is -1.00. The summed E-state index contributed by atoms with van der Waals surface area (Å²) in [6.07, 6.45) is 1.18. The fourth-order valence-corrected chi connectivity index (χ4v) is 5.17. The van der Waals surface area contributed by atoms with Gasteiger partial charge in [0.05, 0.1) is 0 Å². The Bertz CT molecular complexity index is 471. The maximum atomic E-state index is 12.6. The fourth-order valence-electron chi connectivity index (χ4n) is 5.17. The molecule has 3 rings (SSSR count). The second kappa shape index (κ2) is 4.75. The van der Waals surface area contributed by atoms with Crippen molar-refractivity contribution >= 4 is 5.97 Å². The lowest BCUT2D eigenvalue weighted by Gasteiger charge is -2.42. The predicted octanol–water partition coefficient (Wildman–Crippen LogP) is 4.25. The lowest BCUT2D eigenvalue weighted by Crippen LogP contribution is -2.45. The molecule has 3 aliphatic rings. The van der Waals surface area contributed by atoms with E-state index in [0.717, 1.165) is 19.3 Å². The number of fused-ring (bicyclic) bond motifs is 5. The third-order valence-corrected chi connectivity index (χ3v) is 6.07. The molecule has 21 heavy (non-hydrogen) atoms. The Morgan fingerprint density at radius 3 is 2.62 bits per heavy atom. The van der Waals surface area contributed by atoms with Crippen LogP contribution in [0.25, 0.3) is 0 Å². The van der Waals surface area contributed by atoms with Crippen molar-refractivity contribution in [3.05, 3.63) is 12.2 Å². The van der Waals surface area contributed by atoms with Gasteiger partial charge in [0.25, 0.3) is 0 Å². The van der Waals surface area contributed by atoms with Crippen LogP contribution in [-0.4, -0.2) is 17.7 Å². The van der Waals surface area contributed by atoms with Crippen LogP contribution < -0.4 is 0 Å². The molecule has 0 N–H and O–H groups in total. The number of hydrogen-bond acceptors (Lipinski definition) is 2. The molecule has 0 aromatic carbocycles. The Balaban J connectivity index is 1.77. The number of carbonyl (C=O) groups excluding carboxylic acids is 1. The number of halogens is 3. The molecular formula is C16H21F3O2. The van der Waals surface area contributed by atoms with Gasteiger partial charge in [0, 0.05) is 5.92 Å². The first kappa shape index (κ1) is 14.9. The minimum Gasteiger partial charge on any atom is -0.455 e. The first-order valence-corrected chi connectivity index (χ1v) is 7.78. The summed E-state index contributed by atoms with van der Waals surface area (Å²) in [4.78, 5) is 11.8. The van der Waals surface area contributed by atoms with Crippen molar-refractivity contribution in [1.29, 1.82) is 0 Å². The van der Waals surface area contributed by atoms with Crippen LogP contribution in [-0.2, 0) is 9.53 Å². The Labute approximate surface area is 122 Å². The van der Waals surface area contributed by atoms with Crippen molar-refractivity contribution in [3.63, 3.8) is 0 Å². The van der Waals surface area contributed by atoms with Gasteiger partial charge in [-0.15, -0.1) is 0 Å². The van der Waals surface area contributed by atoms with Crippen LogP contribution in [0.4, 0.5) is 13.2 Å². The van der Waals surface area contributed by atoms with Gasteiger partial charge in [-0.3, -0.25) is 0 Å². The highest BCUT2D eigenvalue weighted by Crippen LogP contribution is 2.64. The van der Waals surface area contributed by atoms with Gasteiger partial charge in [0.15, 0.2) is 0 Å². The van der Waals surface area contributed by atoms with Gasteiger partial charge in [-0.1, -0.05) is 19.9 Å². The molecule has 0 saturated heterocycles. The molecule has 5 heteroatoms. The van der Waals surface area contributed by atoms with Crippen LogP contribution in [0.2, 0.25) is 0 Å². The monoisotopic (exact) mass is 302 g/mol. The third-order valence-electron chi connectivity index (χ3n) is 6.07. The molecule has 3 saturated carbocycles. The van der Waals surface area contributed by atoms with E-state index >= 15 is 0 Å². The Morgan fingerprint density at radius 2 is 2.00 bits per heavy atom. The quantitative estimate of drug-likeness (QED) is 0.575. The van der Waals surface area contributed by atoms with E-state index in [1.54, 1.807) is 0 Å². The second-order valence-corrected chi connectivity index (χ2v) is 6.85. The largest absolute Gasteiger partial charge is 0.455 e. The molecule has 4 unspecified atom stereocenters. The first-order chi connectivity index (χ1) is 9.78. The van der Waals surface area contributed by atoms with E-state index < -0.39 is 23.3 Å². The van der Waals surface area contributed by atoms with E-state index in [2.05, 4.69) is 6.58 Å². The van der Waals surface area contributed by atoms with Crippen LogP contribution >= 0.6 is 0 Å². The molecule has 2 bridgehead atoms. The smallest absolute Gasteiger partial charge is 0.422 e. The lowest BCUT2D eigenvalue weighted by molar-refractivity contribution is -0.174. The highest BCUT2D eigenvalue weighted by Gasteiger charge is 2.62. The maximum absolute atomic E-state index is 12.6. The van der Waals surface area contributed by atoms with Gasteiger partial charge in [-0.05, 0) is 49.9 Å². The minimum atomic E-state index is -4.71. The average molecular weight is 302 g/mol. The molecule has 0 spiro atoms. The van der Waals surface area contributed by atoms with Crippen LogP contribution in [0.5, 0.6) is 0 Å². The summed E-state index contributed by atoms with van der Waals surface area (Å²) in [6.45, 7) is 4.77. The van der Waals surface area contributed by atoms with Crippen LogP contribution in [0.15, 0.2) is 12.2 Å². The Kier molecular flexibility index (Phi) is 3.37. The number of alkyl halides is 3. The highest BCUT2D eigenvalue weighted by molar-refractivity contribution is 5.89. The summed E-state index contributed by atoms with van der Waals surface area (Å²) in [6, 6.07) is 0. The number of hydrogen-bond donors (Lipinski definition) is 0. The summed E-state index contributed by atoms with van der Waals surface area (Å²) < 4.78 is 43.2. The molecule has 3 aliphatic carbocycles. The van der Waals surface area contributed by atoms with Crippen molar-refractivity contribution in [2.45, 2.75) is 57.2 Å². The van der Waals surface area contributed by atoms with Gasteiger partial charge >= 0.3 is 12.1 Å². The molecule has 0 heterocycles. The number of rotatable bonds is 3. The zero-order valence-electron chi connectivity index (χ0n) is 12.2. The summed E-state index contributed by atoms with van der Waals surface area (Å²) in [5, 5.41) is 0.